The number of aliphatic imine (C=N–C) groups is 1. The van der Waals surface area contributed by atoms with E-state index in [1.807, 2.05) is 35.4 Å². The summed E-state index contributed by atoms with van der Waals surface area (Å²) in [5, 5.41) is 1.30. The molecular weight excluding hydrogens is 397 g/mol. The Balaban J connectivity index is 1.85. The molecule has 146 valence electrons. The van der Waals surface area contributed by atoms with Crippen LogP contribution in [-0.2, 0) is 6.54 Å². The van der Waals surface area contributed by atoms with Crippen LogP contribution in [0.3, 0.4) is 0 Å². The fourth-order valence-electron chi connectivity index (χ4n) is 2.74. The number of fused-ring (bicyclic) bond motifs is 1. The largest absolute Gasteiger partial charge is 0.389 e. The van der Waals surface area contributed by atoms with E-state index < -0.39 is 12.6 Å². The van der Waals surface area contributed by atoms with Gasteiger partial charge in [-0.1, -0.05) is 23.4 Å². The molecule has 1 aliphatic rings. The number of hydrogen-bond donors (Lipinski definition) is 0. The SMILES string of the molecule is CC(C)n1cnc2c1N=C(SCCCC(F)(F)F)N(c1ccc(Cl)cc1)C2. The molecule has 2 heterocycles. The van der Waals surface area contributed by atoms with Gasteiger partial charge in [0.05, 0.1) is 12.9 Å². The van der Waals surface area contributed by atoms with Gasteiger partial charge in [-0.25, -0.2) is 9.98 Å². The normalized spacial score (nSPS) is 14.5. The molecule has 0 bridgehead atoms. The van der Waals surface area contributed by atoms with Gasteiger partial charge in [-0.3, -0.25) is 0 Å². The van der Waals surface area contributed by atoms with Crippen molar-refractivity contribution < 1.29 is 13.2 Å². The van der Waals surface area contributed by atoms with Gasteiger partial charge < -0.3 is 9.47 Å². The molecule has 0 N–H and O–H groups in total. The molecule has 0 aliphatic carbocycles. The van der Waals surface area contributed by atoms with E-state index in [4.69, 9.17) is 16.6 Å². The van der Waals surface area contributed by atoms with Gasteiger partial charge in [0.1, 0.15) is 5.69 Å². The van der Waals surface area contributed by atoms with Gasteiger partial charge in [-0.15, -0.1) is 0 Å². The Hall–Kier alpha value is -1.67. The first-order chi connectivity index (χ1) is 12.7. The zero-order valence-electron chi connectivity index (χ0n) is 15.0. The number of thioether (sulfide) groups is 1. The molecule has 0 spiro atoms. The molecule has 0 saturated carbocycles. The molecule has 1 aliphatic heterocycles. The average Bonchev–Trinajstić information content (AvgIpc) is 3.01. The number of nitrogens with zero attached hydrogens (tertiary/aromatic N) is 4. The Bertz CT molecular complexity index is 815. The van der Waals surface area contributed by atoms with E-state index in [9.17, 15) is 13.2 Å². The van der Waals surface area contributed by atoms with Crippen LogP contribution in [-0.4, -0.2) is 26.6 Å². The number of benzene rings is 1. The summed E-state index contributed by atoms with van der Waals surface area (Å²) >= 11 is 7.31. The number of hydrogen-bond acceptors (Lipinski definition) is 4. The number of anilines is 1. The first kappa shape index (κ1) is 20.1. The van der Waals surface area contributed by atoms with E-state index in [0.717, 1.165) is 17.2 Å². The van der Waals surface area contributed by atoms with Gasteiger partial charge in [0.25, 0.3) is 0 Å². The maximum Gasteiger partial charge on any atom is 0.389 e. The fraction of sp³-hybridized carbons (Fsp3) is 0.444. The Morgan fingerprint density at radius 1 is 1.22 bits per heavy atom. The summed E-state index contributed by atoms with van der Waals surface area (Å²) < 4.78 is 39.2. The van der Waals surface area contributed by atoms with Crippen LogP contribution >= 0.6 is 23.4 Å². The first-order valence-corrected chi connectivity index (χ1v) is 9.98. The van der Waals surface area contributed by atoms with Crippen molar-refractivity contribution in [2.24, 2.45) is 4.99 Å². The highest BCUT2D eigenvalue weighted by atomic mass is 35.5. The summed E-state index contributed by atoms with van der Waals surface area (Å²) in [5.41, 5.74) is 1.73. The molecule has 3 rings (SSSR count). The van der Waals surface area contributed by atoms with E-state index >= 15 is 0 Å². The molecular formula is C18H20ClF3N4S. The van der Waals surface area contributed by atoms with Crippen molar-refractivity contribution in [2.75, 3.05) is 10.7 Å². The van der Waals surface area contributed by atoms with Crippen molar-refractivity contribution in [3.63, 3.8) is 0 Å². The lowest BCUT2D eigenvalue weighted by Gasteiger charge is -2.29. The lowest BCUT2D eigenvalue weighted by Crippen LogP contribution is -2.31. The number of amidine groups is 1. The van der Waals surface area contributed by atoms with Gasteiger partial charge in [0.15, 0.2) is 11.0 Å². The molecule has 2 aromatic rings. The van der Waals surface area contributed by atoms with E-state index in [0.29, 0.717) is 22.5 Å². The molecule has 27 heavy (non-hydrogen) atoms. The number of aromatic nitrogens is 2. The second-order valence-electron chi connectivity index (χ2n) is 6.54. The fourth-order valence-corrected chi connectivity index (χ4v) is 3.82. The van der Waals surface area contributed by atoms with Gasteiger partial charge in [0.2, 0.25) is 0 Å². The second-order valence-corrected chi connectivity index (χ2v) is 8.04. The van der Waals surface area contributed by atoms with Gasteiger partial charge in [0, 0.05) is 28.9 Å². The molecule has 9 heteroatoms. The average molecular weight is 417 g/mol. The predicted molar refractivity (Wildman–Crippen MR) is 105 cm³/mol. The van der Waals surface area contributed by atoms with E-state index in [1.165, 1.54) is 11.8 Å². The topological polar surface area (TPSA) is 33.4 Å². The van der Waals surface area contributed by atoms with Gasteiger partial charge in [-0.05, 0) is 44.5 Å². The molecule has 1 aromatic carbocycles. The quantitative estimate of drug-likeness (QED) is 0.544. The van der Waals surface area contributed by atoms with Crippen LogP contribution in [0.25, 0.3) is 0 Å². The van der Waals surface area contributed by atoms with Gasteiger partial charge >= 0.3 is 6.18 Å². The van der Waals surface area contributed by atoms with Crippen LogP contribution in [0.4, 0.5) is 24.7 Å². The van der Waals surface area contributed by atoms with E-state index in [-0.39, 0.29) is 12.5 Å². The third kappa shape index (κ3) is 4.99. The number of alkyl halides is 3. The standard InChI is InChI=1S/C18H20ClF3N4S/c1-12(2)26-11-23-15-10-25(14-6-4-13(19)5-7-14)17(24-16(15)26)27-9-3-8-18(20,21)22/h4-7,11-12H,3,8-10H2,1-2H3. The Morgan fingerprint density at radius 2 is 1.93 bits per heavy atom. The molecule has 0 atom stereocenters. The molecule has 0 fully saturated rings. The smallest absolute Gasteiger partial charge is 0.315 e. The van der Waals surface area contributed by atoms with Crippen molar-refractivity contribution in [1.82, 2.24) is 9.55 Å². The van der Waals surface area contributed by atoms with Crippen LogP contribution in [0.1, 0.15) is 38.4 Å². The number of rotatable bonds is 5. The predicted octanol–water partition coefficient (Wildman–Crippen LogP) is 6.20. The van der Waals surface area contributed by atoms with Crippen LogP contribution in [0.15, 0.2) is 35.6 Å². The summed E-state index contributed by atoms with van der Waals surface area (Å²) in [5.74, 6) is 1.11. The molecule has 0 radical (unpaired) electrons. The van der Waals surface area contributed by atoms with Crippen molar-refractivity contribution in [2.45, 2.75) is 45.5 Å². The van der Waals surface area contributed by atoms with Gasteiger partial charge in [-0.2, -0.15) is 13.2 Å². The molecule has 0 amide bonds. The summed E-state index contributed by atoms with van der Waals surface area (Å²) in [4.78, 5) is 11.2. The monoisotopic (exact) mass is 416 g/mol. The van der Waals surface area contributed by atoms with E-state index in [1.54, 1.807) is 18.5 Å². The van der Waals surface area contributed by atoms with Crippen LogP contribution in [0.2, 0.25) is 5.02 Å². The minimum atomic E-state index is -4.13. The molecule has 0 unspecified atom stereocenters. The Kier molecular flexibility index (Phi) is 6.05. The Labute approximate surface area is 165 Å². The minimum Gasteiger partial charge on any atom is -0.315 e. The second kappa shape index (κ2) is 8.14. The van der Waals surface area contributed by atoms with Crippen LogP contribution in [0.5, 0.6) is 0 Å². The zero-order valence-corrected chi connectivity index (χ0v) is 16.6. The van der Waals surface area contributed by atoms with Crippen molar-refractivity contribution in [3.05, 3.63) is 41.3 Å². The lowest BCUT2D eigenvalue weighted by atomic mass is 10.2. The van der Waals surface area contributed by atoms with Crippen molar-refractivity contribution >= 4 is 40.0 Å². The molecule has 1 aromatic heterocycles. The minimum absolute atomic E-state index is 0.0535. The lowest BCUT2D eigenvalue weighted by molar-refractivity contribution is -0.134. The number of halogens is 4. The van der Waals surface area contributed by atoms with Crippen molar-refractivity contribution in [3.8, 4) is 0 Å². The number of imidazole rings is 1. The highest BCUT2D eigenvalue weighted by Gasteiger charge is 2.28. The highest BCUT2D eigenvalue weighted by Crippen LogP contribution is 2.34. The Morgan fingerprint density at radius 3 is 2.56 bits per heavy atom. The third-order valence-electron chi connectivity index (χ3n) is 4.11. The summed E-state index contributed by atoms with van der Waals surface area (Å²) in [6.07, 6.45) is -3.11. The first-order valence-electron chi connectivity index (χ1n) is 8.61. The molecule has 0 saturated heterocycles. The maximum absolute atomic E-state index is 12.4. The summed E-state index contributed by atoms with van der Waals surface area (Å²) in [6.45, 7) is 4.60. The van der Waals surface area contributed by atoms with Crippen LogP contribution < -0.4 is 4.90 Å². The van der Waals surface area contributed by atoms with E-state index in [2.05, 4.69) is 4.98 Å². The maximum atomic E-state index is 12.4. The molecule has 4 nitrogen and oxygen atoms in total. The highest BCUT2D eigenvalue weighted by molar-refractivity contribution is 8.14. The summed E-state index contributed by atoms with van der Waals surface area (Å²) in [6, 6.07) is 7.51. The van der Waals surface area contributed by atoms with Crippen LogP contribution in [0, 0.1) is 0 Å². The summed E-state index contributed by atoms with van der Waals surface area (Å²) in [7, 11) is 0. The third-order valence-corrected chi connectivity index (χ3v) is 5.43. The van der Waals surface area contributed by atoms with Crippen molar-refractivity contribution in [1.29, 1.82) is 0 Å². The zero-order chi connectivity index (χ0) is 19.6.